The molecule has 3 aliphatic rings. The molecular formula is C34H43N7O2S. The smallest absolute Gasteiger partial charge is 0.318 e. The van der Waals surface area contributed by atoms with Gasteiger partial charge in [0, 0.05) is 54.4 Å². The van der Waals surface area contributed by atoms with Gasteiger partial charge in [0.2, 0.25) is 12.5 Å². The largest absolute Gasteiger partial charge is 0.462 e. The zero-order valence-electron chi connectivity index (χ0n) is 26.0. The summed E-state index contributed by atoms with van der Waals surface area (Å²) >= 11 is 0. The molecule has 1 aromatic heterocycles. The van der Waals surface area contributed by atoms with E-state index in [1.54, 1.807) is 4.90 Å². The van der Waals surface area contributed by atoms with E-state index in [2.05, 4.69) is 89.5 Å². The zero-order chi connectivity index (χ0) is 30.1. The van der Waals surface area contributed by atoms with Crippen LogP contribution in [0.5, 0.6) is 6.01 Å². The average Bonchev–Trinajstić information content (AvgIpc) is 3.29. The summed E-state index contributed by atoms with van der Waals surface area (Å²) in [5, 5.41) is 2.45. The minimum absolute atomic E-state index is 0. The molecular weight excluding hydrogens is 570 g/mol. The predicted molar refractivity (Wildman–Crippen MR) is 181 cm³/mol. The Morgan fingerprint density at radius 3 is 2.66 bits per heavy atom. The van der Waals surface area contributed by atoms with Crippen LogP contribution >= 0.6 is 13.5 Å². The van der Waals surface area contributed by atoms with Gasteiger partial charge in [-0.25, -0.2) is 6.57 Å². The molecule has 0 N–H and O–H groups in total. The number of nitrogens with zero attached hydrogens (tertiary/aromatic N) is 7. The number of aromatic nitrogens is 2. The van der Waals surface area contributed by atoms with Crippen LogP contribution in [0.1, 0.15) is 37.9 Å². The van der Waals surface area contributed by atoms with Gasteiger partial charge in [0.15, 0.2) is 0 Å². The third-order valence-electron chi connectivity index (χ3n) is 9.67. The van der Waals surface area contributed by atoms with Gasteiger partial charge in [-0.1, -0.05) is 43.0 Å². The summed E-state index contributed by atoms with van der Waals surface area (Å²) in [4.78, 5) is 35.0. The molecule has 44 heavy (non-hydrogen) atoms. The molecule has 0 spiro atoms. The van der Waals surface area contributed by atoms with E-state index in [1.807, 2.05) is 0 Å². The maximum atomic E-state index is 12.6. The first-order valence-corrected chi connectivity index (χ1v) is 15.3. The number of fused-ring (bicyclic) bond motifs is 2. The molecule has 2 aromatic carbocycles. The van der Waals surface area contributed by atoms with Gasteiger partial charge in [0.1, 0.15) is 18.5 Å². The number of likely N-dealkylation sites (N-methyl/N-ethyl adjacent to an activating group) is 1. The molecule has 0 bridgehead atoms. The quantitative estimate of drug-likeness (QED) is 0.283. The predicted octanol–water partition coefficient (Wildman–Crippen LogP) is 4.68. The summed E-state index contributed by atoms with van der Waals surface area (Å²) in [6.07, 6.45) is 4.35. The van der Waals surface area contributed by atoms with Gasteiger partial charge in [-0.3, -0.25) is 9.69 Å². The van der Waals surface area contributed by atoms with Crippen molar-refractivity contribution in [1.82, 2.24) is 19.8 Å². The molecule has 232 valence electrons. The van der Waals surface area contributed by atoms with Crippen molar-refractivity contribution in [2.45, 2.75) is 57.3 Å². The highest BCUT2D eigenvalue weighted by Crippen LogP contribution is 2.36. The zero-order valence-corrected chi connectivity index (χ0v) is 27.0. The fourth-order valence-corrected chi connectivity index (χ4v) is 6.87. The van der Waals surface area contributed by atoms with Crippen molar-refractivity contribution in [3.63, 3.8) is 0 Å². The number of ether oxygens (including phenoxy) is 1. The Bertz CT molecular complexity index is 1570. The Balaban J connectivity index is 0.00000384. The summed E-state index contributed by atoms with van der Waals surface area (Å²) in [6.45, 7) is 19.7. The molecule has 2 fully saturated rings. The Hall–Kier alpha value is -3.81. The minimum Gasteiger partial charge on any atom is -0.462 e. The molecule has 0 aliphatic carbocycles. The average molecular weight is 614 g/mol. The lowest BCUT2D eigenvalue weighted by Gasteiger charge is -2.41. The lowest BCUT2D eigenvalue weighted by molar-refractivity contribution is -0.128. The van der Waals surface area contributed by atoms with Crippen molar-refractivity contribution in [2.75, 3.05) is 56.2 Å². The number of carbonyl (C=O) groups is 1. The molecule has 0 radical (unpaired) electrons. The summed E-state index contributed by atoms with van der Waals surface area (Å²) in [6, 6.07) is 15.4. The van der Waals surface area contributed by atoms with Crippen LogP contribution in [0.4, 0.5) is 11.5 Å². The van der Waals surface area contributed by atoms with Gasteiger partial charge in [-0.2, -0.15) is 23.5 Å². The van der Waals surface area contributed by atoms with Crippen molar-refractivity contribution < 1.29 is 9.53 Å². The van der Waals surface area contributed by atoms with Crippen LogP contribution in [-0.2, 0) is 17.8 Å². The van der Waals surface area contributed by atoms with Gasteiger partial charge in [0.25, 0.3) is 0 Å². The van der Waals surface area contributed by atoms with E-state index < -0.39 is 0 Å². The second-order valence-corrected chi connectivity index (χ2v) is 12.5. The summed E-state index contributed by atoms with van der Waals surface area (Å²) in [7, 11) is 2.17. The monoisotopic (exact) mass is 613 g/mol. The van der Waals surface area contributed by atoms with Crippen molar-refractivity contribution in [3.05, 3.63) is 77.8 Å². The molecule has 2 atom stereocenters. The van der Waals surface area contributed by atoms with E-state index in [4.69, 9.17) is 21.3 Å². The van der Waals surface area contributed by atoms with Gasteiger partial charge < -0.3 is 24.3 Å². The number of amides is 1. The molecule has 1 amide bonds. The first kappa shape index (κ1) is 31.6. The van der Waals surface area contributed by atoms with E-state index in [-0.39, 0.29) is 37.5 Å². The maximum Gasteiger partial charge on any atom is 0.318 e. The number of hydrogen-bond acceptors (Lipinski definition) is 7. The Morgan fingerprint density at radius 1 is 1.11 bits per heavy atom. The molecule has 3 aliphatic heterocycles. The SMILES string of the molecule is S.[C-]#[N+]CC1CN(c2nc(OC[C@@H]3CCC(C)(C)N3C)nc3c2CCN(c2cccc4ccccc24)C3)CCN1C(=O)C=C. The van der Waals surface area contributed by atoms with Crippen molar-refractivity contribution in [1.29, 1.82) is 0 Å². The van der Waals surface area contributed by atoms with E-state index in [1.165, 1.54) is 22.5 Å². The summed E-state index contributed by atoms with van der Waals surface area (Å²) in [5.74, 6) is 0.745. The van der Waals surface area contributed by atoms with Crippen LogP contribution in [-0.4, -0.2) is 89.7 Å². The van der Waals surface area contributed by atoms with Crippen LogP contribution in [0.15, 0.2) is 55.1 Å². The van der Waals surface area contributed by atoms with Crippen molar-refractivity contribution in [3.8, 4) is 6.01 Å². The lowest BCUT2D eigenvalue weighted by Crippen LogP contribution is -2.56. The molecule has 4 heterocycles. The minimum atomic E-state index is -0.225. The molecule has 6 rings (SSSR count). The van der Waals surface area contributed by atoms with Gasteiger partial charge >= 0.3 is 6.01 Å². The standard InChI is InChI=1S/C34H41N7O2.H2S/c1-6-31(42)41-19-18-40(21-26(41)20-35-4)32-28-15-17-39(30-13-9-11-24-10-7-8-12-27(24)30)22-29(28)36-33(37-32)43-23-25-14-16-34(2,3)38(25)5;/h6-13,25-26H,1,14-23H2,2-3,5H3;1H2/t25-,26?;/m0./s1. The first-order valence-electron chi connectivity index (χ1n) is 15.3. The third kappa shape index (κ3) is 6.08. The number of piperazine rings is 1. The van der Waals surface area contributed by atoms with E-state index in [0.29, 0.717) is 44.8 Å². The third-order valence-corrected chi connectivity index (χ3v) is 9.67. The highest BCUT2D eigenvalue weighted by Gasteiger charge is 2.38. The number of carbonyl (C=O) groups excluding carboxylic acids is 1. The van der Waals surface area contributed by atoms with Crippen LogP contribution in [0.3, 0.4) is 0 Å². The number of benzene rings is 2. The van der Waals surface area contributed by atoms with Gasteiger partial charge in [-0.05, 0) is 57.7 Å². The number of anilines is 2. The highest BCUT2D eigenvalue weighted by atomic mass is 32.1. The molecule has 10 heteroatoms. The van der Waals surface area contributed by atoms with Crippen LogP contribution in [0, 0.1) is 6.57 Å². The van der Waals surface area contributed by atoms with E-state index in [0.717, 1.165) is 42.9 Å². The van der Waals surface area contributed by atoms with E-state index >= 15 is 0 Å². The lowest BCUT2D eigenvalue weighted by atomic mass is 10.0. The van der Waals surface area contributed by atoms with Crippen LogP contribution in [0.25, 0.3) is 15.6 Å². The summed E-state index contributed by atoms with van der Waals surface area (Å²) in [5.41, 5.74) is 3.46. The molecule has 1 unspecified atom stereocenters. The Kier molecular flexibility index (Phi) is 9.37. The van der Waals surface area contributed by atoms with Crippen molar-refractivity contribution in [2.24, 2.45) is 0 Å². The normalized spacial score (nSPS) is 21.4. The van der Waals surface area contributed by atoms with Crippen molar-refractivity contribution >= 4 is 41.7 Å². The molecule has 2 saturated heterocycles. The van der Waals surface area contributed by atoms with Gasteiger partial charge in [0.05, 0.1) is 12.2 Å². The highest BCUT2D eigenvalue weighted by molar-refractivity contribution is 7.59. The second-order valence-electron chi connectivity index (χ2n) is 12.5. The topological polar surface area (TPSA) is 69.4 Å². The summed E-state index contributed by atoms with van der Waals surface area (Å²) < 4.78 is 6.38. The molecule has 3 aromatic rings. The fourth-order valence-electron chi connectivity index (χ4n) is 6.87. The second kappa shape index (κ2) is 13.0. The first-order chi connectivity index (χ1) is 20.8. The van der Waals surface area contributed by atoms with Crippen LogP contribution < -0.4 is 14.5 Å². The number of likely N-dealkylation sites (tertiary alicyclic amines) is 1. The molecule has 9 nitrogen and oxygen atoms in total. The number of rotatable bonds is 7. The van der Waals surface area contributed by atoms with Gasteiger partial charge in [-0.15, -0.1) is 0 Å². The van der Waals surface area contributed by atoms with Crippen LogP contribution in [0.2, 0.25) is 0 Å². The number of hydrogen-bond donors (Lipinski definition) is 0. The Morgan fingerprint density at radius 2 is 1.91 bits per heavy atom. The fraction of sp³-hybridized carbons (Fsp3) is 0.471. The van der Waals surface area contributed by atoms with E-state index in [9.17, 15) is 4.79 Å². The maximum absolute atomic E-state index is 12.6. The Labute approximate surface area is 267 Å². The molecule has 0 saturated carbocycles.